The third-order valence-electron chi connectivity index (χ3n) is 4.47. The normalized spacial score (nSPS) is 16.7. The van der Waals surface area contributed by atoms with Crippen molar-refractivity contribution >= 4 is 11.7 Å². The molecule has 0 unspecified atom stereocenters. The van der Waals surface area contributed by atoms with Gasteiger partial charge in [-0.3, -0.25) is 0 Å². The molecule has 0 radical (unpaired) electrons. The van der Waals surface area contributed by atoms with Gasteiger partial charge in [0, 0.05) is 26.3 Å². The maximum absolute atomic E-state index is 12.3. The summed E-state index contributed by atoms with van der Waals surface area (Å²) in [7, 11) is 3.45. The summed E-state index contributed by atoms with van der Waals surface area (Å²) < 4.78 is 10.3. The van der Waals surface area contributed by atoms with Crippen LogP contribution in [0.25, 0.3) is 0 Å². The maximum atomic E-state index is 12.3. The van der Waals surface area contributed by atoms with Crippen molar-refractivity contribution < 1.29 is 14.3 Å². The first-order valence-corrected chi connectivity index (χ1v) is 7.58. The first-order valence-electron chi connectivity index (χ1n) is 7.58. The maximum Gasteiger partial charge on any atom is 0.321 e. The summed E-state index contributed by atoms with van der Waals surface area (Å²) in [6.45, 7) is 5.28. The molecule has 1 heterocycles. The van der Waals surface area contributed by atoms with Crippen LogP contribution in [0.15, 0.2) is 18.3 Å². The Labute approximate surface area is 131 Å². The molecule has 1 fully saturated rings. The Morgan fingerprint density at radius 2 is 2.18 bits per heavy atom. The summed E-state index contributed by atoms with van der Waals surface area (Å²) in [5.41, 5.74) is 0.924. The van der Waals surface area contributed by atoms with Crippen molar-refractivity contribution in [3.05, 3.63) is 18.3 Å². The third-order valence-corrected chi connectivity index (χ3v) is 4.47. The van der Waals surface area contributed by atoms with Crippen LogP contribution in [0.5, 0.6) is 5.88 Å². The largest absolute Gasteiger partial charge is 0.475 e. The molecule has 1 saturated carbocycles. The lowest BCUT2D eigenvalue weighted by Crippen LogP contribution is -2.42. The van der Waals surface area contributed by atoms with E-state index in [1.807, 2.05) is 7.05 Å². The molecule has 1 aliphatic rings. The molecular weight excluding hydrogens is 282 g/mol. The second kappa shape index (κ2) is 6.96. The number of amides is 2. The fourth-order valence-electron chi connectivity index (χ4n) is 2.24. The molecule has 6 nitrogen and oxygen atoms in total. The van der Waals surface area contributed by atoms with Gasteiger partial charge in [0.25, 0.3) is 0 Å². The van der Waals surface area contributed by atoms with Gasteiger partial charge >= 0.3 is 6.03 Å². The van der Waals surface area contributed by atoms with Crippen molar-refractivity contribution in [3.63, 3.8) is 0 Å². The number of urea groups is 1. The van der Waals surface area contributed by atoms with Gasteiger partial charge in [0.1, 0.15) is 6.61 Å². The summed E-state index contributed by atoms with van der Waals surface area (Å²) in [5.74, 6) is 0.516. The SMILES string of the molecule is COCCOc1ccc(NC(=O)N(C)[C@H](C)C2(C)CC2)cn1. The van der Waals surface area contributed by atoms with E-state index in [9.17, 15) is 4.79 Å². The van der Waals surface area contributed by atoms with Gasteiger partial charge < -0.3 is 19.7 Å². The molecule has 1 aromatic heterocycles. The number of carbonyl (C=O) groups excluding carboxylic acids is 1. The molecule has 0 spiro atoms. The van der Waals surface area contributed by atoms with Crippen molar-refractivity contribution in [2.24, 2.45) is 5.41 Å². The molecule has 2 amide bonds. The van der Waals surface area contributed by atoms with E-state index in [2.05, 4.69) is 24.1 Å². The highest BCUT2D eigenvalue weighted by Gasteiger charge is 2.45. The van der Waals surface area contributed by atoms with Crippen molar-refractivity contribution in [3.8, 4) is 5.88 Å². The van der Waals surface area contributed by atoms with Crippen molar-refractivity contribution in [2.45, 2.75) is 32.7 Å². The number of ether oxygens (including phenoxy) is 2. The van der Waals surface area contributed by atoms with E-state index in [1.54, 1.807) is 30.3 Å². The van der Waals surface area contributed by atoms with Gasteiger partial charge in [-0.1, -0.05) is 6.92 Å². The molecule has 122 valence electrons. The number of hydrogen-bond donors (Lipinski definition) is 1. The second-order valence-electron chi connectivity index (χ2n) is 6.10. The monoisotopic (exact) mass is 307 g/mol. The fraction of sp³-hybridized carbons (Fsp3) is 0.625. The van der Waals surface area contributed by atoms with Crippen LogP contribution in [0.2, 0.25) is 0 Å². The van der Waals surface area contributed by atoms with Crippen LogP contribution in [0, 0.1) is 5.41 Å². The Bertz CT molecular complexity index is 500. The molecule has 0 saturated heterocycles. The molecule has 22 heavy (non-hydrogen) atoms. The van der Waals surface area contributed by atoms with Gasteiger partial charge in [0.2, 0.25) is 5.88 Å². The van der Waals surface area contributed by atoms with Crippen LogP contribution >= 0.6 is 0 Å². The van der Waals surface area contributed by atoms with Gasteiger partial charge in [0.05, 0.1) is 18.5 Å². The lowest BCUT2D eigenvalue weighted by Gasteiger charge is -2.30. The highest BCUT2D eigenvalue weighted by molar-refractivity contribution is 5.89. The summed E-state index contributed by atoms with van der Waals surface area (Å²) in [6, 6.07) is 3.62. The lowest BCUT2D eigenvalue weighted by molar-refractivity contribution is 0.144. The minimum atomic E-state index is -0.115. The van der Waals surface area contributed by atoms with E-state index in [-0.39, 0.29) is 17.5 Å². The highest BCUT2D eigenvalue weighted by atomic mass is 16.5. The predicted molar refractivity (Wildman–Crippen MR) is 85.2 cm³/mol. The van der Waals surface area contributed by atoms with E-state index in [0.29, 0.717) is 24.8 Å². The van der Waals surface area contributed by atoms with E-state index in [0.717, 1.165) is 0 Å². The summed E-state index contributed by atoms with van der Waals surface area (Å²) in [5, 5.41) is 2.86. The topological polar surface area (TPSA) is 63.7 Å². The Morgan fingerprint density at radius 3 is 2.73 bits per heavy atom. The molecule has 0 aliphatic heterocycles. The number of hydrogen-bond acceptors (Lipinski definition) is 4. The van der Waals surface area contributed by atoms with E-state index in [4.69, 9.17) is 9.47 Å². The van der Waals surface area contributed by atoms with Gasteiger partial charge in [0.15, 0.2) is 0 Å². The number of nitrogens with one attached hydrogen (secondary N) is 1. The molecular formula is C16H25N3O3. The number of aromatic nitrogens is 1. The van der Waals surface area contributed by atoms with Crippen LogP contribution < -0.4 is 10.1 Å². The summed E-state index contributed by atoms with van der Waals surface area (Å²) in [4.78, 5) is 18.2. The minimum Gasteiger partial charge on any atom is -0.475 e. The van der Waals surface area contributed by atoms with Crippen LogP contribution in [-0.2, 0) is 4.74 Å². The lowest BCUT2D eigenvalue weighted by atomic mass is 10.00. The summed E-state index contributed by atoms with van der Waals surface area (Å²) in [6.07, 6.45) is 3.96. The zero-order valence-corrected chi connectivity index (χ0v) is 13.8. The Morgan fingerprint density at radius 1 is 1.45 bits per heavy atom. The second-order valence-corrected chi connectivity index (χ2v) is 6.10. The quantitative estimate of drug-likeness (QED) is 0.787. The van der Waals surface area contributed by atoms with Crippen molar-refractivity contribution in [2.75, 3.05) is 32.7 Å². The number of pyridine rings is 1. The van der Waals surface area contributed by atoms with Gasteiger partial charge in [-0.15, -0.1) is 0 Å². The fourth-order valence-corrected chi connectivity index (χ4v) is 2.24. The summed E-state index contributed by atoms with van der Waals surface area (Å²) >= 11 is 0. The average molecular weight is 307 g/mol. The van der Waals surface area contributed by atoms with Gasteiger partial charge in [-0.2, -0.15) is 0 Å². The van der Waals surface area contributed by atoms with Crippen LogP contribution in [0.1, 0.15) is 26.7 Å². The van der Waals surface area contributed by atoms with Crippen molar-refractivity contribution in [1.82, 2.24) is 9.88 Å². The smallest absolute Gasteiger partial charge is 0.321 e. The molecule has 6 heteroatoms. The van der Waals surface area contributed by atoms with Crippen molar-refractivity contribution in [1.29, 1.82) is 0 Å². The van der Waals surface area contributed by atoms with E-state index in [1.165, 1.54) is 12.8 Å². The Hall–Kier alpha value is -1.82. The predicted octanol–water partition coefficient (Wildman–Crippen LogP) is 2.76. The van der Waals surface area contributed by atoms with Crippen LogP contribution in [0.3, 0.4) is 0 Å². The number of nitrogens with zero attached hydrogens (tertiary/aromatic N) is 2. The zero-order valence-electron chi connectivity index (χ0n) is 13.8. The van der Waals surface area contributed by atoms with Gasteiger partial charge in [-0.05, 0) is 31.2 Å². The first-order chi connectivity index (χ1) is 10.5. The number of methoxy groups -OCH3 is 1. The number of carbonyl (C=O) groups is 1. The third kappa shape index (κ3) is 4.10. The molecule has 0 aromatic carbocycles. The standard InChI is InChI=1S/C16H25N3O3/c1-12(16(2)7-8-16)19(3)15(20)18-13-5-6-14(17-11-13)22-10-9-21-4/h5-6,11-12H,7-10H2,1-4H3,(H,18,20)/t12-/m1/s1. The molecule has 0 bridgehead atoms. The zero-order chi connectivity index (χ0) is 16.2. The van der Waals surface area contributed by atoms with Gasteiger partial charge in [-0.25, -0.2) is 9.78 Å². The Kier molecular flexibility index (Phi) is 5.24. The van der Waals surface area contributed by atoms with E-state index < -0.39 is 0 Å². The highest BCUT2D eigenvalue weighted by Crippen LogP contribution is 2.49. The first kappa shape index (κ1) is 16.5. The van der Waals surface area contributed by atoms with Crippen LogP contribution in [-0.4, -0.2) is 49.3 Å². The molecule has 2 rings (SSSR count). The van der Waals surface area contributed by atoms with E-state index >= 15 is 0 Å². The Balaban J connectivity index is 1.86. The number of anilines is 1. The molecule has 1 N–H and O–H groups in total. The molecule has 1 aliphatic carbocycles. The number of rotatable bonds is 7. The average Bonchev–Trinajstić information content (AvgIpc) is 3.26. The minimum absolute atomic E-state index is 0.115. The molecule has 1 aromatic rings. The molecule has 1 atom stereocenters. The van der Waals surface area contributed by atoms with Crippen LogP contribution in [0.4, 0.5) is 10.5 Å².